The van der Waals surface area contributed by atoms with E-state index < -0.39 is 5.97 Å². The largest absolute Gasteiger partial charge is 0.478 e. The first-order chi connectivity index (χ1) is 9.97. The fourth-order valence-corrected chi connectivity index (χ4v) is 3.63. The summed E-state index contributed by atoms with van der Waals surface area (Å²) in [5.74, 6) is -1.06. The SMILES string of the molecule is O=C(O)c1ccc(CCNC(=O)c2cc(Br)c(Br)s2)cc1. The topological polar surface area (TPSA) is 66.4 Å². The van der Waals surface area contributed by atoms with Gasteiger partial charge >= 0.3 is 5.97 Å². The first-order valence-corrected chi connectivity index (χ1v) is 8.43. The number of carboxylic acid groups (broad SMARTS) is 1. The molecular weight excluding hydrogens is 422 g/mol. The minimum absolute atomic E-state index is 0.117. The second-order valence-corrected chi connectivity index (χ2v) is 7.46. The highest BCUT2D eigenvalue weighted by atomic mass is 79.9. The number of hydrogen-bond acceptors (Lipinski definition) is 3. The van der Waals surface area contributed by atoms with Crippen molar-refractivity contribution < 1.29 is 14.7 Å². The number of hydrogen-bond donors (Lipinski definition) is 2. The molecule has 2 N–H and O–H groups in total. The normalized spacial score (nSPS) is 10.4. The van der Waals surface area contributed by atoms with Crippen LogP contribution in [0.2, 0.25) is 0 Å². The van der Waals surface area contributed by atoms with Crippen LogP contribution in [0, 0.1) is 0 Å². The Labute approximate surface area is 142 Å². The number of carboxylic acids is 1. The van der Waals surface area contributed by atoms with Gasteiger partial charge in [0.05, 0.1) is 14.2 Å². The van der Waals surface area contributed by atoms with Crippen molar-refractivity contribution in [1.29, 1.82) is 0 Å². The number of thiophene rings is 1. The van der Waals surface area contributed by atoms with E-state index in [1.165, 1.54) is 11.3 Å². The molecule has 1 aromatic carbocycles. The van der Waals surface area contributed by atoms with E-state index in [1.54, 1.807) is 30.3 Å². The van der Waals surface area contributed by atoms with Crippen molar-refractivity contribution in [2.45, 2.75) is 6.42 Å². The zero-order valence-electron chi connectivity index (χ0n) is 10.7. The molecule has 0 aliphatic rings. The van der Waals surface area contributed by atoms with Crippen LogP contribution in [-0.4, -0.2) is 23.5 Å². The number of aromatic carboxylic acids is 1. The van der Waals surface area contributed by atoms with Gasteiger partial charge in [0.25, 0.3) is 5.91 Å². The zero-order valence-corrected chi connectivity index (χ0v) is 14.7. The summed E-state index contributed by atoms with van der Waals surface area (Å²) in [5, 5.41) is 11.7. The molecule has 1 aromatic heterocycles. The molecule has 4 nitrogen and oxygen atoms in total. The highest BCUT2D eigenvalue weighted by molar-refractivity contribution is 9.13. The van der Waals surface area contributed by atoms with Gasteiger partial charge in [0, 0.05) is 11.0 Å². The van der Waals surface area contributed by atoms with E-state index in [0.717, 1.165) is 13.8 Å². The van der Waals surface area contributed by atoms with E-state index in [1.807, 2.05) is 0 Å². The molecule has 0 saturated carbocycles. The average molecular weight is 433 g/mol. The minimum Gasteiger partial charge on any atom is -0.478 e. The summed E-state index contributed by atoms with van der Waals surface area (Å²) < 4.78 is 1.75. The Hall–Kier alpha value is -1.18. The number of halogens is 2. The summed E-state index contributed by atoms with van der Waals surface area (Å²) >= 11 is 8.06. The molecule has 110 valence electrons. The van der Waals surface area contributed by atoms with Crippen LogP contribution in [0.25, 0.3) is 0 Å². The van der Waals surface area contributed by atoms with Gasteiger partial charge in [-0.1, -0.05) is 12.1 Å². The maximum Gasteiger partial charge on any atom is 0.335 e. The Bertz CT molecular complexity index is 648. The molecule has 0 unspecified atom stereocenters. The average Bonchev–Trinajstić information content (AvgIpc) is 2.79. The number of rotatable bonds is 5. The first-order valence-electron chi connectivity index (χ1n) is 6.02. The Balaban J connectivity index is 1.86. The number of carbonyl (C=O) groups is 2. The van der Waals surface area contributed by atoms with Gasteiger partial charge in [-0.3, -0.25) is 4.79 Å². The number of carbonyl (C=O) groups excluding carboxylic acids is 1. The molecule has 2 rings (SSSR count). The Morgan fingerprint density at radius 1 is 1.19 bits per heavy atom. The maximum atomic E-state index is 11.9. The van der Waals surface area contributed by atoms with Crippen LogP contribution in [0.15, 0.2) is 38.6 Å². The van der Waals surface area contributed by atoms with Crippen LogP contribution in [0.3, 0.4) is 0 Å². The van der Waals surface area contributed by atoms with Gasteiger partial charge in [-0.25, -0.2) is 4.79 Å². The van der Waals surface area contributed by atoms with Crippen molar-refractivity contribution in [3.63, 3.8) is 0 Å². The fraction of sp³-hybridized carbons (Fsp3) is 0.143. The third-order valence-corrected chi connectivity index (χ3v) is 6.02. The van der Waals surface area contributed by atoms with E-state index >= 15 is 0 Å². The number of nitrogens with one attached hydrogen (secondary N) is 1. The standard InChI is InChI=1S/C14H11Br2NO3S/c15-10-7-11(21-12(10)16)13(18)17-6-5-8-1-3-9(4-2-8)14(19)20/h1-4,7H,5-6H2,(H,17,18)(H,19,20). The molecular formula is C14H11Br2NO3S. The first kappa shape index (κ1) is 16.2. The van der Waals surface area contributed by atoms with Crippen LogP contribution >= 0.6 is 43.2 Å². The molecule has 21 heavy (non-hydrogen) atoms. The summed E-state index contributed by atoms with van der Waals surface area (Å²) in [4.78, 5) is 23.3. The summed E-state index contributed by atoms with van der Waals surface area (Å²) in [6.07, 6.45) is 0.652. The monoisotopic (exact) mass is 431 g/mol. The van der Waals surface area contributed by atoms with E-state index in [0.29, 0.717) is 17.8 Å². The fourth-order valence-electron chi connectivity index (χ4n) is 1.68. The van der Waals surface area contributed by atoms with Crippen LogP contribution < -0.4 is 5.32 Å². The van der Waals surface area contributed by atoms with Crippen LogP contribution in [-0.2, 0) is 6.42 Å². The molecule has 0 radical (unpaired) electrons. The lowest BCUT2D eigenvalue weighted by atomic mass is 10.1. The highest BCUT2D eigenvalue weighted by Gasteiger charge is 2.11. The number of benzene rings is 1. The smallest absolute Gasteiger partial charge is 0.335 e. The van der Waals surface area contributed by atoms with Gasteiger partial charge in [-0.05, 0) is 62.0 Å². The van der Waals surface area contributed by atoms with Crippen molar-refractivity contribution in [3.05, 3.63) is 54.6 Å². The molecule has 0 spiro atoms. The molecule has 2 aromatic rings. The lowest BCUT2D eigenvalue weighted by Gasteiger charge is -2.04. The molecule has 0 saturated heterocycles. The molecule has 1 amide bonds. The Morgan fingerprint density at radius 3 is 2.38 bits per heavy atom. The predicted octanol–water partition coefficient (Wildman–Crippen LogP) is 3.94. The summed E-state index contributed by atoms with van der Waals surface area (Å²) in [6, 6.07) is 8.41. The third kappa shape index (κ3) is 4.39. The summed E-state index contributed by atoms with van der Waals surface area (Å²) in [5.41, 5.74) is 1.24. The van der Waals surface area contributed by atoms with Gasteiger partial charge in [0.2, 0.25) is 0 Å². The van der Waals surface area contributed by atoms with Crippen molar-refractivity contribution in [2.75, 3.05) is 6.54 Å². The minimum atomic E-state index is -0.941. The zero-order chi connectivity index (χ0) is 15.4. The molecule has 0 fully saturated rings. The Kier molecular flexibility index (Phi) is 5.55. The van der Waals surface area contributed by atoms with Crippen molar-refractivity contribution >= 4 is 55.1 Å². The maximum absolute atomic E-state index is 11.9. The van der Waals surface area contributed by atoms with E-state index in [-0.39, 0.29) is 11.5 Å². The van der Waals surface area contributed by atoms with E-state index in [2.05, 4.69) is 37.2 Å². The number of amides is 1. The van der Waals surface area contributed by atoms with Gasteiger partial charge in [-0.2, -0.15) is 0 Å². The molecule has 7 heteroatoms. The lowest BCUT2D eigenvalue weighted by Crippen LogP contribution is -2.24. The van der Waals surface area contributed by atoms with Gasteiger partial charge in [0.15, 0.2) is 0 Å². The van der Waals surface area contributed by atoms with Crippen LogP contribution in [0.5, 0.6) is 0 Å². The summed E-state index contributed by atoms with van der Waals surface area (Å²) in [7, 11) is 0. The molecule has 0 aliphatic carbocycles. The van der Waals surface area contributed by atoms with Crippen LogP contribution in [0.1, 0.15) is 25.6 Å². The molecule has 0 aliphatic heterocycles. The third-order valence-electron chi connectivity index (χ3n) is 2.77. The van der Waals surface area contributed by atoms with Gasteiger partial charge < -0.3 is 10.4 Å². The summed E-state index contributed by atoms with van der Waals surface area (Å²) in [6.45, 7) is 0.498. The lowest BCUT2D eigenvalue weighted by molar-refractivity contribution is 0.0696. The van der Waals surface area contributed by atoms with Crippen molar-refractivity contribution in [3.8, 4) is 0 Å². The molecule has 1 heterocycles. The van der Waals surface area contributed by atoms with Gasteiger partial charge in [-0.15, -0.1) is 11.3 Å². The van der Waals surface area contributed by atoms with E-state index in [9.17, 15) is 9.59 Å². The Morgan fingerprint density at radius 2 is 1.86 bits per heavy atom. The molecule has 0 bridgehead atoms. The quantitative estimate of drug-likeness (QED) is 0.751. The highest BCUT2D eigenvalue weighted by Crippen LogP contribution is 2.32. The molecule has 0 atom stereocenters. The second kappa shape index (κ2) is 7.20. The predicted molar refractivity (Wildman–Crippen MR) is 89.2 cm³/mol. The van der Waals surface area contributed by atoms with Crippen molar-refractivity contribution in [2.24, 2.45) is 0 Å². The van der Waals surface area contributed by atoms with Gasteiger partial charge in [0.1, 0.15) is 0 Å². The van der Waals surface area contributed by atoms with E-state index in [4.69, 9.17) is 5.11 Å². The van der Waals surface area contributed by atoms with Crippen molar-refractivity contribution in [1.82, 2.24) is 5.32 Å². The second-order valence-electron chi connectivity index (χ2n) is 4.24. The van der Waals surface area contributed by atoms with Crippen LogP contribution in [0.4, 0.5) is 0 Å².